The van der Waals surface area contributed by atoms with Gasteiger partial charge in [0.15, 0.2) is 17.2 Å². The van der Waals surface area contributed by atoms with Crippen molar-refractivity contribution in [3.05, 3.63) is 47.5 Å². The zero-order chi connectivity index (χ0) is 16.1. The van der Waals surface area contributed by atoms with E-state index >= 15 is 0 Å². The van der Waals surface area contributed by atoms with Crippen molar-refractivity contribution in [2.45, 2.75) is 0 Å². The van der Waals surface area contributed by atoms with Crippen LogP contribution in [0.2, 0.25) is 0 Å². The van der Waals surface area contributed by atoms with E-state index in [1.165, 1.54) is 6.21 Å². The number of carbonyl (C=O) groups is 1. The van der Waals surface area contributed by atoms with Crippen molar-refractivity contribution in [2.75, 3.05) is 7.11 Å². The Kier molecular flexibility index (Phi) is 6.23. The average Bonchev–Trinajstić information content (AvgIpc) is 2.52. The molecule has 0 fully saturated rings. The summed E-state index contributed by atoms with van der Waals surface area (Å²) in [6, 6.07) is 9.09. The summed E-state index contributed by atoms with van der Waals surface area (Å²) in [5, 5.41) is 31.7. The van der Waals surface area contributed by atoms with Crippen molar-refractivity contribution in [3.63, 3.8) is 0 Å². The summed E-state index contributed by atoms with van der Waals surface area (Å²) in [6.45, 7) is 0. The fourth-order valence-electron chi connectivity index (χ4n) is 1.69. The monoisotopic (exact) mass is 338 g/mol. The van der Waals surface area contributed by atoms with Gasteiger partial charge in [0, 0.05) is 5.56 Å². The molecule has 8 heteroatoms. The summed E-state index contributed by atoms with van der Waals surface area (Å²) in [7, 11) is 1.54. The summed E-state index contributed by atoms with van der Waals surface area (Å²) in [5.74, 6) is -1.87. The van der Waals surface area contributed by atoms with E-state index in [4.69, 9.17) is 4.74 Å². The van der Waals surface area contributed by atoms with Crippen LogP contribution >= 0.6 is 12.4 Å². The van der Waals surface area contributed by atoms with Gasteiger partial charge in [-0.3, -0.25) is 4.79 Å². The first-order valence-electron chi connectivity index (χ1n) is 6.23. The van der Waals surface area contributed by atoms with Crippen molar-refractivity contribution in [1.29, 1.82) is 0 Å². The van der Waals surface area contributed by atoms with E-state index < -0.39 is 23.2 Å². The molecule has 2 aromatic rings. The third-order valence-corrected chi connectivity index (χ3v) is 2.81. The van der Waals surface area contributed by atoms with Crippen molar-refractivity contribution in [3.8, 4) is 23.0 Å². The molecule has 0 bridgehead atoms. The van der Waals surface area contributed by atoms with Crippen LogP contribution in [0, 0.1) is 0 Å². The van der Waals surface area contributed by atoms with Crippen LogP contribution in [0.25, 0.3) is 0 Å². The molecule has 0 aliphatic heterocycles. The zero-order valence-corrected chi connectivity index (χ0v) is 12.9. The van der Waals surface area contributed by atoms with E-state index in [9.17, 15) is 20.1 Å². The van der Waals surface area contributed by atoms with Crippen LogP contribution < -0.4 is 10.2 Å². The number of carbonyl (C=O) groups excluding carboxylic acids is 1. The molecule has 2 rings (SSSR count). The second kappa shape index (κ2) is 7.90. The van der Waals surface area contributed by atoms with Gasteiger partial charge < -0.3 is 20.1 Å². The first-order valence-corrected chi connectivity index (χ1v) is 6.23. The molecule has 122 valence electrons. The minimum Gasteiger partial charge on any atom is -0.504 e. The summed E-state index contributed by atoms with van der Waals surface area (Å²) in [6.07, 6.45) is 1.42. The molecule has 7 nitrogen and oxygen atoms in total. The van der Waals surface area contributed by atoms with E-state index in [-0.39, 0.29) is 18.0 Å². The number of phenolic OH excluding ortho intramolecular Hbond substituents is 3. The Morgan fingerprint density at radius 1 is 1.17 bits per heavy atom. The minimum absolute atomic E-state index is 0. The summed E-state index contributed by atoms with van der Waals surface area (Å²) in [4.78, 5) is 11.8. The molecule has 0 saturated heterocycles. The first-order chi connectivity index (χ1) is 10.5. The average molecular weight is 339 g/mol. The highest BCUT2D eigenvalue weighted by atomic mass is 35.5. The number of hydrazone groups is 1. The van der Waals surface area contributed by atoms with Gasteiger partial charge in [0.1, 0.15) is 5.75 Å². The number of hydrogen-bond acceptors (Lipinski definition) is 6. The lowest BCUT2D eigenvalue weighted by Gasteiger charge is -2.04. The lowest BCUT2D eigenvalue weighted by atomic mass is 10.2. The molecule has 0 saturated carbocycles. The molecule has 0 aliphatic carbocycles. The Balaban J connectivity index is 0.00000264. The van der Waals surface area contributed by atoms with Crippen LogP contribution in [0.5, 0.6) is 23.0 Å². The number of hydrogen-bond donors (Lipinski definition) is 4. The fourth-order valence-corrected chi connectivity index (χ4v) is 1.69. The van der Waals surface area contributed by atoms with Crippen molar-refractivity contribution < 1.29 is 24.9 Å². The predicted molar refractivity (Wildman–Crippen MR) is 86.7 cm³/mol. The van der Waals surface area contributed by atoms with Gasteiger partial charge >= 0.3 is 0 Å². The van der Waals surface area contributed by atoms with Gasteiger partial charge in [0.2, 0.25) is 0 Å². The number of amides is 1. The normalized spacial score (nSPS) is 10.1. The molecule has 0 unspecified atom stereocenters. The minimum atomic E-state index is -0.684. The SMILES string of the molecule is COc1cccc(/C=N/NC(=O)c2cc(O)c(O)c(O)c2)c1.Cl. The highest BCUT2D eigenvalue weighted by Crippen LogP contribution is 2.35. The van der Waals surface area contributed by atoms with E-state index in [1.807, 2.05) is 0 Å². The Morgan fingerprint density at radius 2 is 1.83 bits per heavy atom. The van der Waals surface area contributed by atoms with Gasteiger partial charge in [-0.25, -0.2) is 5.43 Å². The largest absolute Gasteiger partial charge is 0.504 e. The van der Waals surface area contributed by atoms with Crippen molar-refractivity contribution >= 4 is 24.5 Å². The maximum Gasteiger partial charge on any atom is 0.271 e. The second-order valence-electron chi connectivity index (χ2n) is 4.34. The smallest absolute Gasteiger partial charge is 0.271 e. The number of nitrogens with one attached hydrogen (secondary N) is 1. The lowest BCUT2D eigenvalue weighted by molar-refractivity contribution is 0.0954. The third-order valence-electron chi connectivity index (χ3n) is 2.81. The number of rotatable bonds is 4. The number of nitrogens with zero attached hydrogens (tertiary/aromatic N) is 1. The molecular weight excluding hydrogens is 324 g/mol. The van der Waals surface area contributed by atoms with Gasteiger partial charge in [0.05, 0.1) is 13.3 Å². The molecule has 1 amide bonds. The van der Waals surface area contributed by atoms with Crippen LogP contribution in [0.3, 0.4) is 0 Å². The van der Waals surface area contributed by atoms with Gasteiger partial charge in [-0.1, -0.05) is 12.1 Å². The van der Waals surface area contributed by atoms with Gasteiger partial charge in [0.25, 0.3) is 5.91 Å². The highest BCUT2D eigenvalue weighted by molar-refractivity contribution is 5.96. The molecule has 0 radical (unpaired) electrons. The summed E-state index contributed by atoms with van der Waals surface area (Å²) >= 11 is 0. The van der Waals surface area contributed by atoms with E-state index in [0.717, 1.165) is 17.7 Å². The number of methoxy groups -OCH3 is 1. The van der Waals surface area contributed by atoms with E-state index in [1.54, 1.807) is 31.4 Å². The van der Waals surface area contributed by atoms with Gasteiger partial charge in [-0.2, -0.15) is 5.10 Å². The van der Waals surface area contributed by atoms with Gasteiger partial charge in [-0.05, 0) is 29.8 Å². The van der Waals surface area contributed by atoms with Crippen LogP contribution in [0.1, 0.15) is 15.9 Å². The number of benzene rings is 2. The van der Waals surface area contributed by atoms with Crippen LogP contribution in [0.15, 0.2) is 41.5 Å². The fraction of sp³-hybridized carbons (Fsp3) is 0.0667. The predicted octanol–water partition coefficient (Wildman–Crippen LogP) is 2.00. The number of ether oxygens (including phenoxy) is 1. The van der Waals surface area contributed by atoms with Crippen molar-refractivity contribution in [2.24, 2.45) is 5.10 Å². The molecule has 23 heavy (non-hydrogen) atoms. The zero-order valence-electron chi connectivity index (χ0n) is 12.1. The van der Waals surface area contributed by atoms with Crippen LogP contribution in [0.4, 0.5) is 0 Å². The summed E-state index contributed by atoms with van der Waals surface area (Å²) < 4.78 is 5.06. The number of aromatic hydroxyl groups is 3. The quantitative estimate of drug-likeness (QED) is 0.387. The standard InChI is InChI=1S/C15H14N2O5.ClH/c1-22-11-4-2-3-9(5-11)8-16-17-15(21)10-6-12(18)14(20)13(19)7-10;/h2-8,18-20H,1H3,(H,17,21);1H/b16-8+;. The molecule has 2 aromatic carbocycles. The highest BCUT2D eigenvalue weighted by Gasteiger charge is 2.12. The number of halogens is 1. The van der Waals surface area contributed by atoms with Crippen LogP contribution in [-0.4, -0.2) is 34.6 Å². The van der Waals surface area contributed by atoms with E-state index in [2.05, 4.69) is 10.5 Å². The van der Waals surface area contributed by atoms with Gasteiger partial charge in [-0.15, -0.1) is 12.4 Å². The maximum absolute atomic E-state index is 11.8. The molecule has 0 aliphatic rings. The Labute approximate surface area is 138 Å². The Bertz CT molecular complexity index is 711. The molecule has 0 spiro atoms. The lowest BCUT2D eigenvalue weighted by Crippen LogP contribution is -2.17. The topological polar surface area (TPSA) is 111 Å². The Hall–Kier alpha value is -2.93. The first kappa shape index (κ1) is 18.1. The third kappa shape index (κ3) is 4.52. The maximum atomic E-state index is 11.8. The molecule has 0 heterocycles. The van der Waals surface area contributed by atoms with Crippen molar-refractivity contribution in [1.82, 2.24) is 5.43 Å². The molecular formula is C15H15ClN2O5. The Morgan fingerprint density at radius 3 is 2.43 bits per heavy atom. The number of phenols is 3. The molecule has 4 N–H and O–H groups in total. The molecule has 0 atom stereocenters. The van der Waals surface area contributed by atoms with Crippen LogP contribution in [-0.2, 0) is 0 Å². The van der Waals surface area contributed by atoms with E-state index in [0.29, 0.717) is 5.75 Å². The summed E-state index contributed by atoms with van der Waals surface area (Å²) in [5.41, 5.74) is 2.92. The molecule has 0 aromatic heterocycles. The second-order valence-corrected chi connectivity index (χ2v) is 4.34.